The third-order valence-electron chi connectivity index (χ3n) is 7.94. The largest absolute Gasteiger partial charge is 0.310 e. The summed E-state index contributed by atoms with van der Waals surface area (Å²) in [5, 5.41) is 2.42. The van der Waals surface area contributed by atoms with E-state index in [1.807, 2.05) is 43.3 Å². The molecule has 0 saturated heterocycles. The summed E-state index contributed by atoms with van der Waals surface area (Å²) in [7, 11) is 0. The van der Waals surface area contributed by atoms with E-state index in [9.17, 15) is 0 Å². The zero-order valence-electron chi connectivity index (χ0n) is 22.8. The first-order valence-electron chi connectivity index (χ1n) is 13.2. The third kappa shape index (κ3) is 4.87. The highest BCUT2D eigenvalue weighted by Gasteiger charge is 2.37. The monoisotopic (exact) mass is 670 g/mol. The Morgan fingerprint density at radius 2 is 1.00 bits per heavy atom. The molecule has 6 rings (SSSR count). The maximum Gasteiger partial charge on any atom is 0.0645 e. The van der Waals surface area contributed by atoms with Crippen LogP contribution < -0.4 is 4.90 Å². The number of nitrogens with zero attached hydrogens (tertiary/aromatic N) is 2. The molecule has 0 saturated carbocycles. The van der Waals surface area contributed by atoms with Crippen LogP contribution in [0.3, 0.4) is 0 Å². The van der Waals surface area contributed by atoms with E-state index in [0.717, 1.165) is 22.6 Å². The Balaban J connectivity index is 1.61. The highest BCUT2D eigenvalue weighted by molar-refractivity contribution is 6.39. The zero-order chi connectivity index (χ0) is 29.9. The first-order valence-corrected chi connectivity index (χ1v) is 15.5. The van der Waals surface area contributed by atoms with Gasteiger partial charge < -0.3 is 4.90 Å². The van der Waals surface area contributed by atoms with Crippen LogP contribution >= 0.6 is 69.6 Å². The second-order valence-electron chi connectivity index (χ2n) is 10.9. The van der Waals surface area contributed by atoms with E-state index in [-0.39, 0.29) is 5.41 Å². The second-order valence-corrected chi connectivity index (χ2v) is 13.4. The molecule has 4 aromatic carbocycles. The number of pyridine rings is 1. The molecule has 1 aromatic heterocycles. The van der Waals surface area contributed by atoms with Crippen LogP contribution in [0.2, 0.25) is 30.1 Å². The number of benzene rings is 4. The minimum atomic E-state index is -0.664. The van der Waals surface area contributed by atoms with Gasteiger partial charge in [-0.25, -0.2) is 0 Å². The average molecular weight is 673 g/mol. The molecule has 212 valence electrons. The molecule has 1 aliphatic heterocycles. The third-order valence-corrected chi connectivity index (χ3v) is 9.79. The number of hydrogen-bond acceptors (Lipinski definition) is 2. The molecule has 8 heteroatoms. The Morgan fingerprint density at radius 1 is 0.595 bits per heavy atom. The molecule has 0 radical (unpaired) electrons. The number of anilines is 3. The van der Waals surface area contributed by atoms with Crippen LogP contribution in [0.5, 0.6) is 0 Å². The van der Waals surface area contributed by atoms with Crippen molar-refractivity contribution in [3.05, 3.63) is 149 Å². The van der Waals surface area contributed by atoms with Gasteiger partial charge in [-0.2, -0.15) is 0 Å². The summed E-state index contributed by atoms with van der Waals surface area (Å²) in [5.74, 6) is -0.664. The van der Waals surface area contributed by atoms with Crippen molar-refractivity contribution in [2.75, 3.05) is 4.90 Å². The SMILES string of the molecule is Cc1cc(Cl)c(C(c2c(Cl)cncc2Cl)c2c(Cl)cc(N3c4ccccc4C(C)(C)c4ccccc43)cc2Cl)c(Cl)c1. The van der Waals surface area contributed by atoms with Gasteiger partial charge in [-0.15, -0.1) is 0 Å². The number of rotatable bonds is 4. The maximum absolute atomic E-state index is 7.20. The first-order chi connectivity index (χ1) is 20.0. The lowest BCUT2D eigenvalue weighted by Crippen LogP contribution is -2.30. The van der Waals surface area contributed by atoms with Crippen molar-refractivity contribution in [1.82, 2.24) is 4.98 Å². The maximum atomic E-state index is 7.20. The highest BCUT2D eigenvalue weighted by Crippen LogP contribution is 2.54. The number of aryl methyl sites for hydroxylation is 1. The van der Waals surface area contributed by atoms with Gasteiger partial charge in [0.15, 0.2) is 0 Å². The van der Waals surface area contributed by atoms with E-state index >= 15 is 0 Å². The van der Waals surface area contributed by atoms with Gasteiger partial charge in [0.25, 0.3) is 0 Å². The Hall–Kier alpha value is -2.43. The van der Waals surface area contributed by atoms with Gasteiger partial charge in [-0.3, -0.25) is 4.98 Å². The Morgan fingerprint density at radius 3 is 1.48 bits per heavy atom. The van der Waals surface area contributed by atoms with Crippen LogP contribution in [0, 0.1) is 6.92 Å². The summed E-state index contributed by atoms with van der Waals surface area (Å²) in [6, 6.07) is 24.3. The number of hydrogen-bond donors (Lipinski definition) is 0. The van der Waals surface area contributed by atoms with Crippen LogP contribution in [0.4, 0.5) is 17.1 Å². The van der Waals surface area contributed by atoms with Crippen LogP contribution in [-0.2, 0) is 5.41 Å². The van der Waals surface area contributed by atoms with Crippen LogP contribution in [0.1, 0.15) is 53.1 Å². The van der Waals surface area contributed by atoms with E-state index in [1.165, 1.54) is 23.5 Å². The van der Waals surface area contributed by atoms with Gasteiger partial charge in [-0.05, 0) is 60.0 Å². The van der Waals surface area contributed by atoms with Crippen molar-refractivity contribution >= 4 is 86.7 Å². The molecule has 1 atom stereocenters. The van der Waals surface area contributed by atoms with E-state index in [1.54, 1.807) is 0 Å². The average Bonchev–Trinajstić information content (AvgIpc) is 2.92. The fourth-order valence-electron chi connectivity index (χ4n) is 6.04. The minimum absolute atomic E-state index is 0.198. The lowest BCUT2D eigenvalue weighted by Gasteiger charge is -2.42. The summed E-state index contributed by atoms with van der Waals surface area (Å²) in [6.07, 6.45) is 3.07. The smallest absolute Gasteiger partial charge is 0.0645 e. The van der Waals surface area contributed by atoms with Gasteiger partial charge in [0.2, 0.25) is 0 Å². The predicted molar refractivity (Wildman–Crippen MR) is 180 cm³/mol. The number of fused-ring (bicyclic) bond motifs is 2. The summed E-state index contributed by atoms with van der Waals surface area (Å²) >= 11 is 41.6. The summed E-state index contributed by atoms with van der Waals surface area (Å²) in [4.78, 5) is 6.34. The van der Waals surface area contributed by atoms with E-state index in [0.29, 0.717) is 46.8 Å². The van der Waals surface area contributed by atoms with E-state index < -0.39 is 5.92 Å². The van der Waals surface area contributed by atoms with Gasteiger partial charge in [0.1, 0.15) is 0 Å². The molecule has 5 aromatic rings. The molecule has 2 nitrogen and oxygen atoms in total. The molecular formula is C34H24Cl6N2. The minimum Gasteiger partial charge on any atom is -0.310 e. The number of halogens is 6. The molecule has 0 fully saturated rings. The molecule has 1 aliphatic rings. The fraction of sp³-hybridized carbons (Fsp3) is 0.147. The Labute approximate surface area is 275 Å². The second kappa shape index (κ2) is 11.2. The van der Waals surface area contributed by atoms with Crippen molar-refractivity contribution < 1.29 is 0 Å². The highest BCUT2D eigenvalue weighted by atomic mass is 35.5. The molecule has 0 amide bonds. The molecule has 0 N–H and O–H groups in total. The van der Waals surface area contributed by atoms with Gasteiger partial charge >= 0.3 is 0 Å². The lowest BCUT2D eigenvalue weighted by molar-refractivity contribution is 0.632. The van der Waals surface area contributed by atoms with Crippen molar-refractivity contribution in [3.63, 3.8) is 0 Å². The fourth-order valence-corrected chi connectivity index (χ4v) is 8.13. The van der Waals surface area contributed by atoms with Gasteiger partial charge in [-0.1, -0.05) is 120 Å². The molecule has 1 unspecified atom stereocenters. The topological polar surface area (TPSA) is 16.1 Å². The quantitative estimate of drug-likeness (QED) is 0.189. The summed E-state index contributed by atoms with van der Waals surface area (Å²) in [5.41, 5.74) is 7.80. The van der Waals surface area contributed by atoms with Crippen LogP contribution in [0.25, 0.3) is 0 Å². The molecular weight excluding hydrogens is 649 g/mol. The predicted octanol–water partition coefficient (Wildman–Crippen LogP) is 12.6. The molecule has 42 heavy (non-hydrogen) atoms. The first kappa shape index (κ1) is 29.6. The van der Waals surface area contributed by atoms with Gasteiger partial charge in [0.05, 0.1) is 21.4 Å². The molecule has 0 spiro atoms. The van der Waals surface area contributed by atoms with Crippen LogP contribution in [-0.4, -0.2) is 4.98 Å². The van der Waals surface area contributed by atoms with Crippen molar-refractivity contribution in [2.24, 2.45) is 0 Å². The van der Waals surface area contributed by atoms with Crippen molar-refractivity contribution in [1.29, 1.82) is 0 Å². The Kier molecular flexibility index (Phi) is 7.94. The summed E-state index contributed by atoms with van der Waals surface area (Å²) < 4.78 is 0. The van der Waals surface area contributed by atoms with Gasteiger partial charge in [0, 0.05) is 66.2 Å². The normalized spacial score (nSPS) is 14.4. The molecule has 0 aliphatic carbocycles. The number of para-hydroxylation sites is 2. The summed E-state index contributed by atoms with van der Waals surface area (Å²) in [6.45, 7) is 6.41. The van der Waals surface area contributed by atoms with E-state index in [4.69, 9.17) is 69.6 Å². The molecule has 2 heterocycles. The van der Waals surface area contributed by atoms with Crippen LogP contribution in [0.15, 0.2) is 85.2 Å². The number of aromatic nitrogens is 1. The van der Waals surface area contributed by atoms with Crippen molar-refractivity contribution in [2.45, 2.75) is 32.1 Å². The lowest BCUT2D eigenvalue weighted by atomic mass is 9.73. The van der Waals surface area contributed by atoms with E-state index in [2.05, 4.69) is 60.1 Å². The van der Waals surface area contributed by atoms with Crippen molar-refractivity contribution in [3.8, 4) is 0 Å². The standard InChI is InChI=1S/C34H24Cl6N2/c1-18-12-22(35)30(23(36)13-18)33(32-26(39)16-41-17-27(32)40)31-24(37)14-19(15-25(31)38)42-28-10-6-4-8-20(28)34(2,3)21-9-5-7-11-29(21)42/h4-17,33H,1-3H3. The Bertz CT molecular complexity index is 1750. The molecule has 0 bridgehead atoms. The zero-order valence-corrected chi connectivity index (χ0v) is 27.4.